The Hall–Kier alpha value is -0.690. The van der Waals surface area contributed by atoms with Gasteiger partial charge in [-0.2, -0.15) is 0 Å². The molecule has 2 saturated heterocycles. The minimum Gasteiger partial charge on any atom is -0.389 e. The Bertz CT molecular complexity index is 420. The van der Waals surface area contributed by atoms with E-state index in [9.17, 15) is 9.90 Å². The summed E-state index contributed by atoms with van der Waals surface area (Å²) in [7, 11) is 0. The molecule has 138 valence electrons. The molecule has 3 fully saturated rings. The molecule has 3 rings (SSSR count). The highest BCUT2D eigenvalue weighted by molar-refractivity contribution is 5.77. The van der Waals surface area contributed by atoms with Crippen molar-refractivity contribution in [3.63, 3.8) is 0 Å². The molecule has 1 saturated carbocycles. The fraction of sp³-hybridized carbons (Fsp3) is 0.944. The standard InChI is InChI=1S/C18H33N3O3/c19-17(22)15-12-20(14-18(23)6-2-1-3-7-18)8-9-21(13-15)16-4-10-24-11-5-16/h15-16,23H,1-14H2,(H2,19,22)/t15-/m0/s1. The number of hydrogen-bond acceptors (Lipinski definition) is 5. The summed E-state index contributed by atoms with van der Waals surface area (Å²) >= 11 is 0. The third-order valence-corrected chi connectivity index (χ3v) is 6.05. The van der Waals surface area contributed by atoms with Gasteiger partial charge in [-0.15, -0.1) is 0 Å². The summed E-state index contributed by atoms with van der Waals surface area (Å²) in [6.45, 7) is 5.58. The summed E-state index contributed by atoms with van der Waals surface area (Å²) < 4.78 is 5.47. The average Bonchev–Trinajstić information content (AvgIpc) is 2.79. The monoisotopic (exact) mass is 339 g/mol. The maximum atomic E-state index is 11.9. The van der Waals surface area contributed by atoms with Crippen LogP contribution in [-0.4, -0.2) is 78.4 Å². The summed E-state index contributed by atoms with van der Waals surface area (Å²) in [4.78, 5) is 16.6. The predicted molar refractivity (Wildman–Crippen MR) is 92.6 cm³/mol. The van der Waals surface area contributed by atoms with Crippen LogP contribution in [0.3, 0.4) is 0 Å². The number of carbonyl (C=O) groups is 1. The van der Waals surface area contributed by atoms with Crippen molar-refractivity contribution in [3.05, 3.63) is 0 Å². The molecule has 3 aliphatic rings. The first-order valence-electron chi connectivity index (χ1n) is 9.62. The van der Waals surface area contributed by atoms with Gasteiger partial charge in [0.15, 0.2) is 0 Å². The Morgan fingerprint density at radius 3 is 2.50 bits per heavy atom. The highest BCUT2D eigenvalue weighted by Gasteiger charge is 2.35. The third-order valence-electron chi connectivity index (χ3n) is 6.05. The number of nitrogens with zero attached hydrogens (tertiary/aromatic N) is 2. The number of primary amides is 1. The SMILES string of the molecule is NC(=O)[C@H]1CN(CC2(O)CCCCC2)CCN(C2CCOCC2)C1. The van der Waals surface area contributed by atoms with Gasteiger partial charge >= 0.3 is 0 Å². The van der Waals surface area contributed by atoms with E-state index in [4.69, 9.17) is 10.5 Å². The van der Waals surface area contributed by atoms with Crippen molar-refractivity contribution in [2.24, 2.45) is 11.7 Å². The molecule has 1 aliphatic carbocycles. The molecule has 0 aromatic heterocycles. The zero-order chi connectivity index (χ0) is 17.0. The van der Waals surface area contributed by atoms with E-state index in [1.165, 1.54) is 6.42 Å². The lowest BCUT2D eigenvalue weighted by Crippen LogP contribution is -2.47. The second-order valence-corrected chi connectivity index (χ2v) is 7.96. The number of ether oxygens (including phenoxy) is 1. The number of nitrogens with two attached hydrogens (primary N) is 1. The maximum absolute atomic E-state index is 11.9. The van der Waals surface area contributed by atoms with Crippen LogP contribution in [0.15, 0.2) is 0 Å². The van der Waals surface area contributed by atoms with Gasteiger partial charge in [0.05, 0.1) is 11.5 Å². The second-order valence-electron chi connectivity index (χ2n) is 7.96. The molecule has 1 amide bonds. The van der Waals surface area contributed by atoms with Crippen LogP contribution in [0.5, 0.6) is 0 Å². The van der Waals surface area contributed by atoms with Crippen LogP contribution in [0.4, 0.5) is 0 Å². The molecule has 6 nitrogen and oxygen atoms in total. The van der Waals surface area contributed by atoms with E-state index in [0.717, 1.165) is 71.4 Å². The molecule has 2 heterocycles. The molecule has 0 aromatic carbocycles. The molecule has 0 radical (unpaired) electrons. The predicted octanol–water partition coefficient (Wildman–Crippen LogP) is 0.580. The highest BCUT2D eigenvalue weighted by Crippen LogP contribution is 2.29. The molecule has 24 heavy (non-hydrogen) atoms. The first-order valence-corrected chi connectivity index (χ1v) is 9.62. The van der Waals surface area contributed by atoms with E-state index in [0.29, 0.717) is 19.1 Å². The fourth-order valence-corrected chi connectivity index (χ4v) is 4.59. The van der Waals surface area contributed by atoms with Gasteiger partial charge in [0, 0.05) is 52.0 Å². The number of amides is 1. The lowest BCUT2D eigenvalue weighted by Gasteiger charge is -2.37. The molecular weight excluding hydrogens is 306 g/mol. The van der Waals surface area contributed by atoms with E-state index in [1.807, 2.05) is 0 Å². The van der Waals surface area contributed by atoms with Gasteiger partial charge < -0.3 is 15.6 Å². The molecule has 2 aliphatic heterocycles. The number of carbonyl (C=O) groups excluding carboxylic acids is 1. The molecular formula is C18H33N3O3. The molecule has 0 aromatic rings. The minimum absolute atomic E-state index is 0.150. The van der Waals surface area contributed by atoms with Gasteiger partial charge in [-0.1, -0.05) is 19.3 Å². The topological polar surface area (TPSA) is 79.0 Å². The number of β-amino-alcohol motifs (C(OH)–C–C–N with tert-alkyl or cyclic N) is 1. The Kier molecular flexibility index (Phi) is 6.13. The van der Waals surface area contributed by atoms with Gasteiger partial charge in [0.2, 0.25) is 5.91 Å². The average molecular weight is 339 g/mol. The fourth-order valence-electron chi connectivity index (χ4n) is 4.59. The van der Waals surface area contributed by atoms with Crippen molar-refractivity contribution in [3.8, 4) is 0 Å². The Morgan fingerprint density at radius 2 is 1.83 bits per heavy atom. The Morgan fingerprint density at radius 1 is 1.12 bits per heavy atom. The molecule has 6 heteroatoms. The summed E-state index contributed by atoms with van der Waals surface area (Å²) in [5.74, 6) is -0.364. The van der Waals surface area contributed by atoms with Gasteiger partial charge in [0.25, 0.3) is 0 Å². The van der Waals surface area contributed by atoms with E-state index in [-0.39, 0.29) is 11.8 Å². The lowest BCUT2D eigenvalue weighted by atomic mass is 9.84. The van der Waals surface area contributed by atoms with Crippen molar-refractivity contribution in [1.29, 1.82) is 0 Å². The summed E-state index contributed by atoms with van der Waals surface area (Å²) in [6.07, 6.45) is 7.28. The first-order chi connectivity index (χ1) is 11.6. The largest absolute Gasteiger partial charge is 0.389 e. The van der Waals surface area contributed by atoms with Crippen molar-refractivity contribution in [2.45, 2.75) is 56.6 Å². The van der Waals surface area contributed by atoms with Crippen molar-refractivity contribution in [2.75, 3.05) is 45.9 Å². The van der Waals surface area contributed by atoms with Crippen LogP contribution in [0, 0.1) is 5.92 Å². The Balaban J connectivity index is 1.63. The van der Waals surface area contributed by atoms with Crippen LogP contribution in [0.2, 0.25) is 0 Å². The number of rotatable bonds is 4. The lowest BCUT2D eigenvalue weighted by molar-refractivity contribution is -0.123. The molecule has 0 unspecified atom stereocenters. The van der Waals surface area contributed by atoms with Crippen LogP contribution in [0.25, 0.3) is 0 Å². The number of aliphatic hydroxyl groups is 1. The van der Waals surface area contributed by atoms with Gasteiger partial charge in [-0.05, 0) is 25.7 Å². The summed E-state index contributed by atoms with van der Waals surface area (Å²) in [5, 5.41) is 10.9. The van der Waals surface area contributed by atoms with E-state index in [1.54, 1.807) is 0 Å². The Labute approximate surface area is 145 Å². The normalized spacial score (nSPS) is 30.8. The van der Waals surface area contributed by atoms with Crippen LogP contribution < -0.4 is 5.73 Å². The third kappa shape index (κ3) is 4.69. The molecule has 0 spiro atoms. The van der Waals surface area contributed by atoms with E-state index >= 15 is 0 Å². The van der Waals surface area contributed by atoms with Crippen molar-refractivity contribution < 1.29 is 14.6 Å². The molecule has 1 atom stereocenters. The summed E-state index contributed by atoms with van der Waals surface area (Å²) in [5.41, 5.74) is 5.10. The van der Waals surface area contributed by atoms with Crippen LogP contribution in [-0.2, 0) is 9.53 Å². The van der Waals surface area contributed by atoms with Gasteiger partial charge in [-0.25, -0.2) is 0 Å². The second kappa shape index (κ2) is 8.13. The number of hydrogen-bond donors (Lipinski definition) is 2. The zero-order valence-electron chi connectivity index (χ0n) is 14.8. The molecule has 3 N–H and O–H groups in total. The quantitative estimate of drug-likeness (QED) is 0.783. The minimum atomic E-state index is -0.575. The van der Waals surface area contributed by atoms with Crippen LogP contribution >= 0.6 is 0 Å². The van der Waals surface area contributed by atoms with Crippen molar-refractivity contribution in [1.82, 2.24) is 9.80 Å². The highest BCUT2D eigenvalue weighted by atomic mass is 16.5. The maximum Gasteiger partial charge on any atom is 0.223 e. The first kappa shape index (κ1) is 18.1. The van der Waals surface area contributed by atoms with Crippen LogP contribution in [0.1, 0.15) is 44.9 Å². The van der Waals surface area contributed by atoms with Gasteiger partial charge in [0.1, 0.15) is 0 Å². The summed E-state index contributed by atoms with van der Waals surface area (Å²) in [6, 6.07) is 0.498. The van der Waals surface area contributed by atoms with E-state index in [2.05, 4.69) is 9.80 Å². The van der Waals surface area contributed by atoms with Crippen molar-refractivity contribution >= 4 is 5.91 Å². The van der Waals surface area contributed by atoms with Gasteiger partial charge in [-0.3, -0.25) is 14.6 Å². The smallest absolute Gasteiger partial charge is 0.223 e. The van der Waals surface area contributed by atoms with E-state index < -0.39 is 5.60 Å². The zero-order valence-corrected chi connectivity index (χ0v) is 14.8. The molecule has 0 bridgehead atoms.